The molecule has 1 N–H and O–H groups in total. The predicted molar refractivity (Wildman–Crippen MR) is 105 cm³/mol. The summed E-state index contributed by atoms with van der Waals surface area (Å²) in [6, 6.07) is 8.15. The summed E-state index contributed by atoms with van der Waals surface area (Å²) in [6.07, 6.45) is 3.38. The lowest BCUT2D eigenvalue weighted by Crippen LogP contribution is -2.39. The van der Waals surface area contributed by atoms with Crippen LogP contribution < -0.4 is 0 Å². The smallest absolute Gasteiger partial charge is 0.356 e. The summed E-state index contributed by atoms with van der Waals surface area (Å²) in [7, 11) is 0. The van der Waals surface area contributed by atoms with Crippen molar-refractivity contribution in [2.45, 2.75) is 58.5 Å². The maximum absolute atomic E-state index is 13.2. The number of aromatic carboxylic acids is 1. The zero-order valence-corrected chi connectivity index (χ0v) is 16.5. The van der Waals surface area contributed by atoms with Gasteiger partial charge in [-0.3, -0.25) is 9.48 Å². The van der Waals surface area contributed by atoms with E-state index in [-0.39, 0.29) is 17.5 Å². The van der Waals surface area contributed by atoms with Gasteiger partial charge in [-0.1, -0.05) is 38.1 Å². The molecule has 148 valence electrons. The third-order valence-electron chi connectivity index (χ3n) is 6.00. The van der Waals surface area contributed by atoms with Gasteiger partial charge in [-0.05, 0) is 36.3 Å². The van der Waals surface area contributed by atoms with Crippen molar-refractivity contribution in [1.82, 2.24) is 14.7 Å². The highest BCUT2D eigenvalue weighted by molar-refractivity contribution is 5.89. The van der Waals surface area contributed by atoms with Crippen molar-refractivity contribution < 1.29 is 14.7 Å². The minimum Gasteiger partial charge on any atom is -0.476 e. The maximum atomic E-state index is 13.2. The molecule has 6 heteroatoms. The number of carboxylic acid groups (broad SMARTS) is 1. The summed E-state index contributed by atoms with van der Waals surface area (Å²) >= 11 is 0. The third-order valence-corrected chi connectivity index (χ3v) is 6.00. The number of carbonyl (C=O) groups excluding carboxylic acids is 1. The van der Waals surface area contributed by atoms with Crippen LogP contribution in [0.2, 0.25) is 0 Å². The van der Waals surface area contributed by atoms with E-state index >= 15 is 0 Å². The summed E-state index contributed by atoms with van der Waals surface area (Å²) in [4.78, 5) is 26.8. The van der Waals surface area contributed by atoms with Crippen LogP contribution in [0.3, 0.4) is 0 Å². The molecule has 1 amide bonds. The van der Waals surface area contributed by atoms with E-state index in [1.807, 2.05) is 27.8 Å². The van der Waals surface area contributed by atoms with Gasteiger partial charge >= 0.3 is 5.97 Å². The fraction of sp³-hybridized carbons (Fsp3) is 0.500. The van der Waals surface area contributed by atoms with E-state index in [4.69, 9.17) is 0 Å². The molecule has 1 aromatic carbocycles. The number of carboxylic acids is 1. The monoisotopic (exact) mass is 381 g/mol. The Morgan fingerprint density at radius 3 is 2.79 bits per heavy atom. The van der Waals surface area contributed by atoms with Crippen LogP contribution in [0, 0.1) is 5.92 Å². The topological polar surface area (TPSA) is 75.4 Å². The summed E-state index contributed by atoms with van der Waals surface area (Å²) in [5.41, 5.74) is 4.18. The molecule has 0 bridgehead atoms. The van der Waals surface area contributed by atoms with E-state index in [0.717, 1.165) is 37.1 Å². The first-order valence-corrected chi connectivity index (χ1v) is 10.1. The molecule has 2 heterocycles. The zero-order valence-electron chi connectivity index (χ0n) is 16.5. The van der Waals surface area contributed by atoms with Crippen molar-refractivity contribution in [2.24, 2.45) is 5.92 Å². The quantitative estimate of drug-likeness (QED) is 0.863. The minimum atomic E-state index is -1.01. The van der Waals surface area contributed by atoms with Gasteiger partial charge in [-0.2, -0.15) is 5.10 Å². The van der Waals surface area contributed by atoms with Gasteiger partial charge in [0.1, 0.15) is 0 Å². The second kappa shape index (κ2) is 7.41. The SMILES string of the molecule is CC(C)CCn1nc(C(=O)O)c2c1CCN(C(=O)[C@@H]1CCc3ccccc31)C2. The Bertz CT molecular complexity index is 916. The molecule has 1 aliphatic carbocycles. The lowest BCUT2D eigenvalue weighted by molar-refractivity contribution is -0.133. The van der Waals surface area contributed by atoms with Crippen LogP contribution in [0.15, 0.2) is 24.3 Å². The molecular formula is C22H27N3O3. The Balaban J connectivity index is 1.58. The summed E-state index contributed by atoms with van der Waals surface area (Å²) in [5.74, 6) is -0.485. The average Bonchev–Trinajstić information content (AvgIpc) is 3.27. The van der Waals surface area contributed by atoms with Gasteiger partial charge in [0.25, 0.3) is 0 Å². The average molecular weight is 381 g/mol. The van der Waals surface area contributed by atoms with Gasteiger partial charge < -0.3 is 10.0 Å². The highest BCUT2D eigenvalue weighted by Gasteiger charge is 2.35. The Morgan fingerprint density at radius 1 is 1.25 bits per heavy atom. The molecule has 6 nitrogen and oxygen atoms in total. The van der Waals surface area contributed by atoms with Crippen LogP contribution >= 0.6 is 0 Å². The third kappa shape index (κ3) is 3.32. The molecule has 0 saturated heterocycles. The Morgan fingerprint density at radius 2 is 2.04 bits per heavy atom. The summed E-state index contributed by atoms with van der Waals surface area (Å²) in [6.45, 7) is 5.98. The minimum absolute atomic E-state index is 0.100. The highest BCUT2D eigenvalue weighted by Crippen LogP contribution is 2.35. The van der Waals surface area contributed by atoms with Crippen LogP contribution in [0.4, 0.5) is 0 Å². The van der Waals surface area contributed by atoms with Gasteiger partial charge in [-0.15, -0.1) is 0 Å². The van der Waals surface area contributed by atoms with E-state index in [1.54, 1.807) is 0 Å². The molecule has 4 rings (SSSR count). The molecule has 1 aromatic heterocycles. The molecule has 1 atom stereocenters. The number of hydrogen-bond donors (Lipinski definition) is 1. The van der Waals surface area contributed by atoms with Crippen LogP contribution in [-0.4, -0.2) is 38.2 Å². The number of carbonyl (C=O) groups is 2. The van der Waals surface area contributed by atoms with Crippen molar-refractivity contribution in [3.63, 3.8) is 0 Å². The van der Waals surface area contributed by atoms with Crippen molar-refractivity contribution in [3.05, 3.63) is 52.3 Å². The molecule has 0 unspecified atom stereocenters. The standard InChI is InChI=1S/C22H27N3O3/c1-14(2)9-12-25-19-10-11-24(13-18(19)20(23-25)22(27)28)21(26)17-8-7-15-5-3-4-6-16(15)17/h3-6,14,17H,7-13H2,1-2H3,(H,27,28)/t17-/m1/s1. The zero-order chi connectivity index (χ0) is 19.8. The number of aryl methyl sites for hydroxylation is 2. The lowest BCUT2D eigenvalue weighted by atomic mass is 9.97. The summed E-state index contributed by atoms with van der Waals surface area (Å²) in [5, 5.41) is 14.0. The molecule has 2 aliphatic rings. The molecule has 0 fully saturated rings. The number of fused-ring (bicyclic) bond motifs is 2. The first-order chi connectivity index (χ1) is 13.5. The van der Waals surface area contributed by atoms with E-state index in [1.165, 1.54) is 5.56 Å². The molecule has 2 aromatic rings. The molecule has 1 aliphatic heterocycles. The lowest BCUT2D eigenvalue weighted by Gasteiger charge is -2.30. The first kappa shape index (κ1) is 18.7. The van der Waals surface area contributed by atoms with Crippen LogP contribution in [0.25, 0.3) is 0 Å². The number of benzene rings is 1. The number of aromatic nitrogens is 2. The largest absolute Gasteiger partial charge is 0.476 e. The maximum Gasteiger partial charge on any atom is 0.356 e. The van der Waals surface area contributed by atoms with Crippen LogP contribution in [-0.2, 0) is 30.7 Å². The molecule has 0 spiro atoms. The van der Waals surface area contributed by atoms with Gasteiger partial charge in [0.15, 0.2) is 5.69 Å². The van der Waals surface area contributed by atoms with Gasteiger partial charge in [0.05, 0.1) is 5.92 Å². The molecular weight excluding hydrogens is 354 g/mol. The Hall–Kier alpha value is -2.63. The second-order valence-electron chi connectivity index (χ2n) is 8.28. The normalized spacial score (nSPS) is 18.2. The van der Waals surface area contributed by atoms with Crippen LogP contribution in [0.5, 0.6) is 0 Å². The molecule has 0 radical (unpaired) electrons. The van der Waals surface area contributed by atoms with Crippen LogP contribution in [0.1, 0.15) is 65.5 Å². The van der Waals surface area contributed by atoms with Crippen molar-refractivity contribution in [1.29, 1.82) is 0 Å². The summed E-state index contributed by atoms with van der Waals surface area (Å²) < 4.78 is 1.85. The fourth-order valence-electron chi connectivity index (χ4n) is 4.45. The Kier molecular flexibility index (Phi) is 4.96. The van der Waals surface area contributed by atoms with E-state index in [2.05, 4.69) is 25.0 Å². The van der Waals surface area contributed by atoms with Crippen molar-refractivity contribution in [3.8, 4) is 0 Å². The van der Waals surface area contributed by atoms with E-state index < -0.39 is 5.97 Å². The number of rotatable bonds is 5. The van der Waals surface area contributed by atoms with E-state index in [9.17, 15) is 14.7 Å². The van der Waals surface area contributed by atoms with Crippen molar-refractivity contribution in [2.75, 3.05) is 6.54 Å². The Labute approximate surface area is 165 Å². The molecule has 0 saturated carbocycles. The predicted octanol–water partition coefficient (Wildman–Crippen LogP) is 3.24. The highest BCUT2D eigenvalue weighted by atomic mass is 16.4. The van der Waals surface area contributed by atoms with Crippen molar-refractivity contribution >= 4 is 11.9 Å². The van der Waals surface area contributed by atoms with E-state index in [0.29, 0.717) is 31.0 Å². The number of hydrogen-bond acceptors (Lipinski definition) is 3. The number of amides is 1. The fourth-order valence-corrected chi connectivity index (χ4v) is 4.45. The van der Waals surface area contributed by atoms with Gasteiger partial charge in [-0.25, -0.2) is 4.79 Å². The molecule has 28 heavy (non-hydrogen) atoms. The van der Waals surface area contributed by atoms with Gasteiger partial charge in [0, 0.05) is 37.3 Å². The first-order valence-electron chi connectivity index (χ1n) is 10.1. The second-order valence-corrected chi connectivity index (χ2v) is 8.28. The van der Waals surface area contributed by atoms with Gasteiger partial charge in [0.2, 0.25) is 5.91 Å². The number of nitrogens with zero attached hydrogens (tertiary/aromatic N) is 3.